The first-order valence-corrected chi connectivity index (χ1v) is 17.3. The van der Waals surface area contributed by atoms with Gasteiger partial charge in [0, 0.05) is 42.6 Å². The number of fused-ring (bicyclic) bond motifs is 3. The maximum atomic E-state index is 13.3. The molecule has 1 saturated heterocycles. The van der Waals surface area contributed by atoms with Gasteiger partial charge in [-0.3, -0.25) is 14.6 Å². The van der Waals surface area contributed by atoms with Crippen molar-refractivity contribution >= 4 is 28.8 Å². The average Bonchev–Trinajstić information content (AvgIpc) is 3.89. The minimum atomic E-state index is -1.82. The molecular weight excluding hydrogens is 650 g/mol. The van der Waals surface area contributed by atoms with Crippen LogP contribution in [0.3, 0.4) is 0 Å². The van der Waals surface area contributed by atoms with E-state index in [2.05, 4.69) is 10.3 Å². The van der Waals surface area contributed by atoms with Crippen molar-refractivity contribution in [2.45, 2.75) is 94.9 Å². The fourth-order valence-corrected chi connectivity index (χ4v) is 8.27. The van der Waals surface area contributed by atoms with Crippen LogP contribution in [-0.4, -0.2) is 100 Å². The standard InChI is InChI=1S/C36H45N3O11/c1-19-11-25(41)23-12-21-13-28(50-47-18-27(43)31(45)30(44)26(42)17-40)35(2,9-5-22-14-38-34(46)36(22)7-3-4-8-36)49-32(21)29(33(23)48-19)39-15-20-6-10-37-24(20)16-39/h6,10-12,16,22,26-28,30-31,40,42-45H,3-5,7-9,13-15,17-18H2,1-2H3,(H,38,46). The predicted octanol–water partition coefficient (Wildman–Crippen LogP) is 1.31. The third-order valence-corrected chi connectivity index (χ3v) is 11.3. The Morgan fingerprint density at radius 2 is 1.88 bits per heavy atom. The zero-order valence-corrected chi connectivity index (χ0v) is 28.2. The van der Waals surface area contributed by atoms with Crippen LogP contribution < -0.4 is 20.4 Å². The summed E-state index contributed by atoms with van der Waals surface area (Å²) in [7, 11) is 0. The van der Waals surface area contributed by atoms with Crippen molar-refractivity contribution in [1.82, 2.24) is 5.32 Å². The summed E-state index contributed by atoms with van der Waals surface area (Å²) in [5, 5.41) is 53.1. The topological polar surface area (TPSA) is 204 Å². The largest absolute Gasteiger partial charge is 0.482 e. The van der Waals surface area contributed by atoms with Crippen molar-refractivity contribution < 1.29 is 49.3 Å². The Morgan fingerprint density at radius 3 is 2.62 bits per heavy atom. The van der Waals surface area contributed by atoms with Gasteiger partial charge in [0.05, 0.1) is 29.6 Å². The second-order valence-electron chi connectivity index (χ2n) is 14.5. The van der Waals surface area contributed by atoms with E-state index in [0.29, 0.717) is 59.7 Å². The Kier molecular flexibility index (Phi) is 9.39. The van der Waals surface area contributed by atoms with E-state index in [1.807, 2.05) is 24.1 Å². The molecule has 14 nitrogen and oxygen atoms in total. The number of ether oxygens (including phenoxy) is 1. The van der Waals surface area contributed by atoms with E-state index >= 15 is 0 Å². The third kappa shape index (κ3) is 6.06. The molecule has 1 aliphatic carbocycles. The van der Waals surface area contributed by atoms with E-state index in [9.17, 15) is 30.0 Å². The molecule has 50 heavy (non-hydrogen) atoms. The molecular formula is C36H45N3O11. The molecule has 7 rings (SSSR count). The number of benzene rings is 1. The minimum absolute atomic E-state index is 0.0986. The molecule has 0 bridgehead atoms. The zero-order chi connectivity index (χ0) is 35.4. The molecule has 1 spiro atoms. The summed E-state index contributed by atoms with van der Waals surface area (Å²) < 4.78 is 13.2. The summed E-state index contributed by atoms with van der Waals surface area (Å²) in [5.74, 6) is 1.20. The second kappa shape index (κ2) is 13.5. The number of carbonyl (C=O) groups excluding carboxylic acids is 1. The Bertz CT molecular complexity index is 1800. The molecule has 7 unspecified atom stereocenters. The van der Waals surface area contributed by atoms with Crippen molar-refractivity contribution in [3.05, 3.63) is 57.2 Å². The lowest BCUT2D eigenvalue weighted by molar-refractivity contribution is -0.360. The first-order valence-electron chi connectivity index (χ1n) is 17.3. The van der Waals surface area contributed by atoms with Crippen LogP contribution in [0, 0.1) is 18.3 Å². The van der Waals surface area contributed by atoms with Crippen molar-refractivity contribution in [2.75, 3.05) is 31.2 Å². The number of rotatable bonds is 12. The molecule has 4 aliphatic heterocycles. The molecule has 1 aromatic heterocycles. The van der Waals surface area contributed by atoms with Crippen LogP contribution in [0.5, 0.6) is 5.75 Å². The average molecular weight is 696 g/mol. The number of aliphatic hydroxyl groups is 5. The summed E-state index contributed by atoms with van der Waals surface area (Å²) >= 11 is 0. The molecule has 14 heteroatoms. The van der Waals surface area contributed by atoms with Gasteiger partial charge in [0.15, 0.2) is 16.8 Å². The third-order valence-electron chi connectivity index (χ3n) is 11.3. The molecule has 6 N–H and O–H groups in total. The number of hydrogen-bond acceptors (Lipinski definition) is 13. The lowest BCUT2D eigenvalue weighted by Crippen LogP contribution is -2.52. The highest BCUT2D eigenvalue weighted by Gasteiger charge is 2.53. The van der Waals surface area contributed by atoms with E-state index in [0.717, 1.165) is 37.0 Å². The lowest BCUT2D eigenvalue weighted by atomic mass is 9.72. The Hall–Kier alpha value is -3.63. The van der Waals surface area contributed by atoms with Crippen LogP contribution in [0.1, 0.15) is 56.8 Å². The monoisotopic (exact) mass is 695 g/mol. The van der Waals surface area contributed by atoms with Crippen molar-refractivity contribution in [3.8, 4) is 5.75 Å². The van der Waals surface area contributed by atoms with Gasteiger partial charge in [-0.1, -0.05) is 12.8 Å². The number of hydrogen-bond donors (Lipinski definition) is 6. The van der Waals surface area contributed by atoms with Gasteiger partial charge in [-0.15, -0.1) is 0 Å². The van der Waals surface area contributed by atoms with Crippen LogP contribution in [0.25, 0.3) is 11.0 Å². The van der Waals surface area contributed by atoms with E-state index in [1.54, 1.807) is 19.2 Å². The molecule has 270 valence electrons. The van der Waals surface area contributed by atoms with E-state index in [-0.39, 0.29) is 23.7 Å². The first kappa shape index (κ1) is 34.8. The number of nitrogens with zero attached hydrogens (tertiary/aromatic N) is 2. The quantitative estimate of drug-likeness (QED) is 0.137. The number of aliphatic imine (C=N–C) groups is 1. The van der Waals surface area contributed by atoms with Crippen LogP contribution in [0.15, 0.2) is 49.9 Å². The molecule has 2 aromatic rings. The maximum Gasteiger partial charge on any atom is 0.226 e. The molecule has 0 radical (unpaired) electrons. The minimum Gasteiger partial charge on any atom is -0.482 e. The van der Waals surface area contributed by atoms with Gasteiger partial charge in [-0.2, -0.15) is 0 Å². The van der Waals surface area contributed by atoms with Gasteiger partial charge in [0.25, 0.3) is 0 Å². The molecule has 1 saturated carbocycles. The summed E-state index contributed by atoms with van der Waals surface area (Å²) in [5.41, 5.74) is 1.86. The van der Waals surface area contributed by atoms with Crippen LogP contribution >= 0.6 is 0 Å². The van der Waals surface area contributed by atoms with Crippen LogP contribution in [-0.2, 0) is 21.0 Å². The number of amides is 1. The smallest absolute Gasteiger partial charge is 0.226 e. The van der Waals surface area contributed by atoms with Crippen molar-refractivity contribution in [1.29, 1.82) is 0 Å². The molecule has 5 aliphatic rings. The molecule has 7 atom stereocenters. The lowest BCUT2D eigenvalue weighted by Gasteiger charge is -2.43. The highest BCUT2D eigenvalue weighted by molar-refractivity contribution is 5.96. The van der Waals surface area contributed by atoms with Crippen molar-refractivity contribution in [3.63, 3.8) is 0 Å². The SMILES string of the molecule is Cc1cc(=O)c2cc3c(c(N4C=C5N=CC=C5C4)c2o1)OC(C)(CCC1CNC(=O)C12CCCC2)C(OOCC(O)C(O)C(O)C(O)CO)C3. The summed E-state index contributed by atoms with van der Waals surface area (Å²) in [6, 6.07) is 3.19. The Morgan fingerprint density at radius 1 is 1.12 bits per heavy atom. The normalized spacial score (nSPS) is 27.5. The Labute approximate surface area is 288 Å². The second-order valence-corrected chi connectivity index (χ2v) is 14.5. The first-order chi connectivity index (χ1) is 23.9. The fourth-order valence-electron chi connectivity index (χ4n) is 8.27. The molecule has 1 amide bonds. The van der Waals surface area contributed by atoms with E-state index < -0.39 is 54.7 Å². The number of allylic oxidation sites excluding steroid dienone is 1. The highest BCUT2D eigenvalue weighted by atomic mass is 17.2. The summed E-state index contributed by atoms with van der Waals surface area (Å²) in [6.07, 6.45) is 2.96. The summed E-state index contributed by atoms with van der Waals surface area (Å²) in [4.78, 5) is 44.3. The Balaban J connectivity index is 1.22. The van der Waals surface area contributed by atoms with Crippen LogP contribution in [0.4, 0.5) is 5.69 Å². The van der Waals surface area contributed by atoms with E-state index in [1.165, 1.54) is 6.07 Å². The van der Waals surface area contributed by atoms with Gasteiger partial charge in [0.2, 0.25) is 5.91 Å². The zero-order valence-electron chi connectivity index (χ0n) is 28.2. The molecule has 2 fully saturated rings. The fraction of sp³-hybridized carbons (Fsp3) is 0.583. The van der Waals surface area contributed by atoms with Gasteiger partial charge < -0.3 is 44.9 Å². The number of aryl methyl sites for hydroxylation is 1. The van der Waals surface area contributed by atoms with Crippen molar-refractivity contribution in [2.24, 2.45) is 16.3 Å². The predicted molar refractivity (Wildman–Crippen MR) is 181 cm³/mol. The van der Waals surface area contributed by atoms with Gasteiger partial charge in [-0.05, 0) is 57.6 Å². The maximum absolute atomic E-state index is 13.3. The van der Waals surface area contributed by atoms with Gasteiger partial charge in [0.1, 0.15) is 54.2 Å². The molecule has 1 aromatic carbocycles. The van der Waals surface area contributed by atoms with Crippen LogP contribution in [0.2, 0.25) is 0 Å². The van der Waals surface area contributed by atoms with E-state index in [4.69, 9.17) is 24.0 Å². The number of anilines is 1. The van der Waals surface area contributed by atoms with Gasteiger partial charge >= 0.3 is 0 Å². The number of nitrogens with one attached hydrogen (secondary N) is 1. The molecule has 5 heterocycles. The van der Waals surface area contributed by atoms with Gasteiger partial charge in [-0.25, -0.2) is 9.78 Å². The number of aliphatic hydroxyl groups excluding tert-OH is 5. The summed E-state index contributed by atoms with van der Waals surface area (Å²) in [6.45, 7) is 3.34. The highest BCUT2D eigenvalue weighted by Crippen LogP contribution is 2.52. The number of carbonyl (C=O) groups is 1.